The van der Waals surface area contributed by atoms with Crippen LogP contribution in [0.1, 0.15) is 45.2 Å². The smallest absolute Gasteiger partial charge is 0.120 e. The zero-order valence-electron chi connectivity index (χ0n) is 14.3. The van der Waals surface area contributed by atoms with Gasteiger partial charge in [0.05, 0.1) is 0 Å². The predicted octanol–water partition coefficient (Wildman–Crippen LogP) is 3.78. The fourth-order valence-corrected chi connectivity index (χ4v) is 2.94. The summed E-state index contributed by atoms with van der Waals surface area (Å²) < 4.78 is 5.92. The molecule has 1 saturated heterocycles. The summed E-state index contributed by atoms with van der Waals surface area (Å²) in [5, 5.41) is 3.43. The zero-order chi connectivity index (χ0) is 16.0. The van der Waals surface area contributed by atoms with Gasteiger partial charge in [0.2, 0.25) is 0 Å². The summed E-state index contributed by atoms with van der Waals surface area (Å²) in [5.74, 6) is 0.944. The Kier molecular flexibility index (Phi) is 6.04. The molecule has 0 unspecified atom stereocenters. The molecule has 0 aromatic heterocycles. The highest BCUT2D eigenvalue weighted by molar-refractivity contribution is 5.30. The van der Waals surface area contributed by atoms with Crippen LogP contribution < -0.4 is 10.1 Å². The minimum atomic E-state index is -0.150. The minimum Gasteiger partial charge on any atom is -0.488 e. The Bertz CT molecular complexity index is 455. The number of hydrogen-bond acceptors (Lipinski definition) is 3. The highest BCUT2D eigenvalue weighted by atomic mass is 16.5. The minimum absolute atomic E-state index is 0.150. The molecule has 1 aliphatic rings. The lowest BCUT2D eigenvalue weighted by Gasteiger charge is -2.35. The topological polar surface area (TPSA) is 24.5 Å². The predicted molar refractivity (Wildman–Crippen MR) is 93.4 cm³/mol. The Morgan fingerprint density at radius 1 is 1.23 bits per heavy atom. The first-order chi connectivity index (χ1) is 10.5. The molecule has 0 amide bonds. The van der Waals surface area contributed by atoms with E-state index in [4.69, 9.17) is 4.74 Å². The fourth-order valence-electron chi connectivity index (χ4n) is 2.94. The van der Waals surface area contributed by atoms with E-state index in [1.54, 1.807) is 0 Å². The van der Waals surface area contributed by atoms with E-state index in [0.717, 1.165) is 44.8 Å². The van der Waals surface area contributed by atoms with E-state index in [0.29, 0.717) is 6.04 Å². The molecule has 1 aromatic carbocycles. The molecule has 1 atom stereocenters. The lowest BCUT2D eigenvalue weighted by molar-refractivity contribution is 0.130. The van der Waals surface area contributed by atoms with Crippen molar-refractivity contribution in [3.8, 4) is 5.75 Å². The number of benzene rings is 1. The molecule has 1 heterocycles. The molecule has 1 aromatic rings. The van der Waals surface area contributed by atoms with Crippen LogP contribution in [-0.2, 0) is 0 Å². The second kappa shape index (κ2) is 7.80. The van der Waals surface area contributed by atoms with Crippen molar-refractivity contribution < 1.29 is 4.74 Å². The molecule has 22 heavy (non-hydrogen) atoms. The third-order valence-corrected chi connectivity index (χ3v) is 3.93. The van der Waals surface area contributed by atoms with Crippen molar-refractivity contribution in [3.05, 3.63) is 42.5 Å². The maximum atomic E-state index is 5.92. The number of nitrogens with one attached hydrogen (secondary N) is 1. The van der Waals surface area contributed by atoms with Gasteiger partial charge in [-0.1, -0.05) is 18.2 Å². The molecule has 0 bridgehead atoms. The van der Waals surface area contributed by atoms with Gasteiger partial charge in [0.15, 0.2) is 0 Å². The highest BCUT2D eigenvalue weighted by Crippen LogP contribution is 2.28. The molecule has 0 aliphatic carbocycles. The maximum absolute atomic E-state index is 5.92. The summed E-state index contributed by atoms with van der Waals surface area (Å²) in [6, 6.07) is 9.12. The van der Waals surface area contributed by atoms with Crippen molar-refractivity contribution in [1.82, 2.24) is 10.2 Å². The lowest BCUT2D eigenvalue weighted by Crippen LogP contribution is -2.45. The molecule has 3 heteroatoms. The molecule has 2 rings (SSSR count). The van der Waals surface area contributed by atoms with E-state index in [9.17, 15) is 0 Å². The quantitative estimate of drug-likeness (QED) is 0.809. The van der Waals surface area contributed by atoms with Gasteiger partial charge in [-0.15, -0.1) is 6.58 Å². The first-order valence-corrected chi connectivity index (χ1v) is 8.34. The van der Waals surface area contributed by atoms with E-state index in [1.165, 1.54) is 5.56 Å². The van der Waals surface area contributed by atoms with Crippen molar-refractivity contribution in [2.45, 2.75) is 45.3 Å². The highest BCUT2D eigenvalue weighted by Gasteiger charge is 2.21. The second-order valence-electron chi connectivity index (χ2n) is 6.95. The average molecular weight is 302 g/mol. The van der Waals surface area contributed by atoms with Crippen LogP contribution in [0.5, 0.6) is 5.75 Å². The van der Waals surface area contributed by atoms with E-state index in [2.05, 4.69) is 61.8 Å². The monoisotopic (exact) mass is 302 g/mol. The van der Waals surface area contributed by atoms with Crippen LogP contribution in [-0.4, -0.2) is 36.7 Å². The molecule has 122 valence electrons. The third kappa shape index (κ3) is 5.15. The molecule has 3 nitrogen and oxygen atoms in total. The summed E-state index contributed by atoms with van der Waals surface area (Å²) in [6.07, 6.45) is 4.20. The van der Waals surface area contributed by atoms with Gasteiger partial charge in [-0.2, -0.15) is 0 Å². The van der Waals surface area contributed by atoms with E-state index in [1.807, 2.05) is 6.08 Å². The first kappa shape index (κ1) is 17.0. The summed E-state index contributed by atoms with van der Waals surface area (Å²) in [4.78, 5) is 2.58. The molecule has 0 saturated carbocycles. The van der Waals surface area contributed by atoms with Gasteiger partial charge < -0.3 is 10.1 Å². The van der Waals surface area contributed by atoms with Crippen LogP contribution in [0, 0.1) is 0 Å². The molecule has 0 radical (unpaired) electrons. The van der Waals surface area contributed by atoms with E-state index < -0.39 is 0 Å². The zero-order valence-corrected chi connectivity index (χ0v) is 14.3. The van der Waals surface area contributed by atoms with Gasteiger partial charge in [0, 0.05) is 32.2 Å². The Hall–Kier alpha value is -1.32. The SMILES string of the molecule is C=CCC[C@@H](c1ccc(OC(C)(C)C)cc1)N1CCNCC1. The Morgan fingerprint density at radius 3 is 2.41 bits per heavy atom. The summed E-state index contributed by atoms with van der Waals surface area (Å²) in [7, 11) is 0. The van der Waals surface area contributed by atoms with Gasteiger partial charge >= 0.3 is 0 Å². The van der Waals surface area contributed by atoms with Crippen LogP contribution in [0.3, 0.4) is 0 Å². The molecular formula is C19H30N2O. The Morgan fingerprint density at radius 2 is 1.86 bits per heavy atom. The van der Waals surface area contributed by atoms with Crippen LogP contribution in [0.2, 0.25) is 0 Å². The molecular weight excluding hydrogens is 272 g/mol. The van der Waals surface area contributed by atoms with Gasteiger partial charge in [-0.05, 0) is 51.3 Å². The summed E-state index contributed by atoms with van der Waals surface area (Å²) in [6.45, 7) is 14.5. The Balaban J connectivity index is 2.10. The maximum Gasteiger partial charge on any atom is 0.120 e. The number of nitrogens with zero attached hydrogens (tertiary/aromatic N) is 1. The largest absolute Gasteiger partial charge is 0.488 e. The average Bonchev–Trinajstić information content (AvgIpc) is 2.49. The number of allylic oxidation sites excluding steroid dienone is 1. The van der Waals surface area contributed by atoms with Crippen molar-refractivity contribution in [2.75, 3.05) is 26.2 Å². The number of rotatable bonds is 6. The van der Waals surface area contributed by atoms with Crippen LogP contribution >= 0.6 is 0 Å². The van der Waals surface area contributed by atoms with Crippen LogP contribution in [0.15, 0.2) is 36.9 Å². The van der Waals surface area contributed by atoms with Crippen molar-refractivity contribution in [3.63, 3.8) is 0 Å². The van der Waals surface area contributed by atoms with Gasteiger partial charge in [-0.25, -0.2) is 0 Å². The summed E-state index contributed by atoms with van der Waals surface area (Å²) >= 11 is 0. The molecule has 1 aliphatic heterocycles. The normalized spacial score (nSPS) is 18.0. The molecule has 1 fully saturated rings. The van der Waals surface area contributed by atoms with Crippen molar-refractivity contribution >= 4 is 0 Å². The summed E-state index contributed by atoms with van der Waals surface area (Å²) in [5.41, 5.74) is 1.23. The Labute approximate surface area is 135 Å². The van der Waals surface area contributed by atoms with Gasteiger partial charge in [0.25, 0.3) is 0 Å². The molecule has 0 spiro atoms. The van der Waals surface area contributed by atoms with Crippen LogP contribution in [0.25, 0.3) is 0 Å². The van der Waals surface area contributed by atoms with Crippen molar-refractivity contribution in [2.24, 2.45) is 0 Å². The second-order valence-corrected chi connectivity index (χ2v) is 6.95. The number of ether oxygens (including phenoxy) is 1. The number of piperazine rings is 1. The lowest BCUT2D eigenvalue weighted by atomic mass is 9.99. The molecule has 1 N–H and O–H groups in total. The fraction of sp³-hybridized carbons (Fsp3) is 0.579. The number of hydrogen-bond donors (Lipinski definition) is 1. The van der Waals surface area contributed by atoms with Crippen LogP contribution in [0.4, 0.5) is 0 Å². The standard InChI is InChI=1S/C19H30N2O/c1-5-6-7-18(21-14-12-20-13-15-21)16-8-10-17(11-9-16)22-19(2,3)4/h5,8-11,18,20H,1,6-7,12-15H2,2-4H3/t18-/m0/s1. The van der Waals surface area contributed by atoms with E-state index in [-0.39, 0.29) is 5.60 Å². The van der Waals surface area contributed by atoms with E-state index >= 15 is 0 Å². The third-order valence-electron chi connectivity index (χ3n) is 3.93. The van der Waals surface area contributed by atoms with Crippen molar-refractivity contribution in [1.29, 1.82) is 0 Å². The van der Waals surface area contributed by atoms with Gasteiger partial charge in [-0.3, -0.25) is 4.90 Å². The van der Waals surface area contributed by atoms with Gasteiger partial charge in [0.1, 0.15) is 11.4 Å². The first-order valence-electron chi connectivity index (χ1n) is 8.34.